The Labute approximate surface area is 147 Å². The lowest BCUT2D eigenvalue weighted by atomic mass is 10.2. The van der Waals surface area contributed by atoms with Gasteiger partial charge in [-0.15, -0.1) is 0 Å². The van der Waals surface area contributed by atoms with Gasteiger partial charge < -0.3 is 24.6 Å². The van der Waals surface area contributed by atoms with E-state index in [0.717, 1.165) is 0 Å². The highest BCUT2D eigenvalue weighted by Gasteiger charge is 2.47. The fraction of sp³-hybridized carbons (Fsp3) is 0.800. The van der Waals surface area contributed by atoms with E-state index in [0.29, 0.717) is 0 Å². The zero-order chi connectivity index (χ0) is 18.7. The monoisotopic (exact) mass is 362 g/mol. The Kier molecular flexibility index (Phi) is 6.54. The second-order valence-electron chi connectivity index (χ2n) is 6.89. The molecule has 1 unspecified atom stereocenters. The predicted molar refractivity (Wildman–Crippen MR) is 90.5 cm³/mol. The van der Waals surface area contributed by atoms with Gasteiger partial charge in [0.1, 0.15) is 28.4 Å². The van der Waals surface area contributed by atoms with Gasteiger partial charge in [0.25, 0.3) is 0 Å². The van der Waals surface area contributed by atoms with Crippen molar-refractivity contribution in [3.8, 4) is 0 Å². The van der Waals surface area contributed by atoms with Crippen molar-refractivity contribution in [3.05, 3.63) is 0 Å². The van der Waals surface area contributed by atoms with E-state index in [9.17, 15) is 14.7 Å². The Morgan fingerprint density at radius 3 is 2.50 bits per heavy atom. The predicted octanol–water partition coefficient (Wildman–Crippen LogP) is 0.809. The number of aliphatic hydroxyl groups is 1. The molecule has 24 heavy (non-hydrogen) atoms. The number of thiocarbonyl (C=S) groups is 1. The van der Waals surface area contributed by atoms with Gasteiger partial charge in [0.05, 0.1) is 20.3 Å². The molecule has 0 aromatic carbocycles. The first-order valence-corrected chi connectivity index (χ1v) is 7.99. The number of amides is 1. The number of esters is 1. The highest BCUT2D eigenvalue weighted by molar-refractivity contribution is 7.80. The summed E-state index contributed by atoms with van der Waals surface area (Å²) in [5.41, 5.74) is -1.59. The second-order valence-corrected chi connectivity index (χ2v) is 7.33. The highest BCUT2D eigenvalue weighted by atomic mass is 32.1. The number of ether oxygens (including phenoxy) is 3. The van der Waals surface area contributed by atoms with Gasteiger partial charge in [0, 0.05) is 0 Å². The largest absolute Gasteiger partial charge is 0.467 e. The van der Waals surface area contributed by atoms with Crippen LogP contribution >= 0.6 is 12.2 Å². The fourth-order valence-corrected chi connectivity index (χ4v) is 2.56. The molecule has 1 rings (SSSR count). The van der Waals surface area contributed by atoms with Crippen LogP contribution in [0.3, 0.4) is 0 Å². The first-order chi connectivity index (χ1) is 10.9. The van der Waals surface area contributed by atoms with Crippen LogP contribution in [0.4, 0.5) is 4.79 Å². The Balaban J connectivity index is 2.93. The number of aliphatic hydroxyl groups excluding tert-OH is 1. The molecule has 1 aliphatic rings. The smallest absolute Gasteiger partial charge is 0.413 e. The van der Waals surface area contributed by atoms with Crippen molar-refractivity contribution in [2.75, 3.05) is 20.3 Å². The van der Waals surface area contributed by atoms with E-state index >= 15 is 0 Å². The van der Waals surface area contributed by atoms with E-state index in [1.807, 2.05) is 0 Å². The van der Waals surface area contributed by atoms with Crippen molar-refractivity contribution in [1.29, 1.82) is 0 Å². The molecule has 0 saturated carbocycles. The van der Waals surface area contributed by atoms with E-state index in [1.54, 1.807) is 34.6 Å². The molecule has 0 bridgehead atoms. The van der Waals surface area contributed by atoms with Crippen molar-refractivity contribution >= 4 is 29.3 Å². The molecule has 1 amide bonds. The average Bonchev–Trinajstić information content (AvgIpc) is 2.77. The van der Waals surface area contributed by atoms with Crippen LogP contribution in [0.2, 0.25) is 0 Å². The number of rotatable bonds is 4. The summed E-state index contributed by atoms with van der Waals surface area (Å²) < 4.78 is 15.6. The van der Waals surface area contributed by atoms with Crippen LogP contribution in [0, 0.1) is 0 Å². The molecule has 0 spiro atoms. The number of nitrogens with one attached hydrogen (secondary N) is 1. The van der Waals surface area contributed by atoms with E-state index in [-0.39, 0.29) is 11.6 Å². The average molecular weight is 362 g/mol. The van der Waals surface area contributed by atoms with Gasteiger partial charge in [-0.25, -0.2) is 9.59 Å². The molecule has 0 aromatic rings. The molecule has 8 nitrogen and oxygen atoms in total. The lowest BCUT2D eigenvalue weighted by Gasteiger charge is -2.35. The molecular weight excluding hydrogens is 336 g/mol. The maximum Gasteiger partial charge on any atom is 0.413 e. The third kappa shape index (κ3) is 5.02. The minimum atomic E-state index is -1.01. The molecule has 0 aromatic heterocycles. The fourth-order valence-electron chi connectivity index (χ4n) is 2.24. The summed E-state index contributed by atoms with van der Waals surface area (Å²) in [6.07, 6.45) is -0.572. The number of hydrogen-bond acceptors (Lipinski definition) is 7. The highest BCUT2D eigenvalue weighted by Crippen LogP contribution is 2.29. The van der Waals surface area contributed by atoms with Gasteiger partial charge >= 0.3 is 12.1 Å². The lowest BCUT2D eigenvalue weighted by Crippen LogP contribution is -2.56. The van der Waals surface area contributed by atoms with Crippen LogP contribution in [-0.2, 0) is 19.0 Å². The molecule has 138 valence electrons. The topological polar surface area (TPSA) is 97.3 Å². The summed E-state index contributed by atoms with van der Waals surface area (Å²) in [7, 11) is 1.21. The van der Waals surface area contributed by atoms with Crippen LogP contribution in [0.5, 0.6) is 0 Å². The Morgan fingerprint density at radius 1 is 1.46 bits per heavy atom. The van der Waals surface area contributed by atoms with Gasteiger partial charge in [0.15, 0.2) is 0 Å². The summed E-state index contributed by atoms with van der Waals surface area (Å²) in [6, 6.07) is -1.63. The molecule has 9 heteroatoms. The van der Waals surface area contributed by atoms with Crippen LogP contribution in [0.1, 0.15) is 34.6 Å². The number of carbonyl (C=O) groups is 2. The lowest BCUT2D eigenvalue weighted by molar-refractivity contribution is -0.143. The Hall–Kier alpha value is -1.45. The Morgan fingerprint density at radius 2 is 2.04 bits per heavy atom. The van der Waals surface area contributed by atoms with Gasteiger partial charge in [-0.3, -0.25) is 4.90 Å². The van der Waals surface area contributed by atoms with E-state index in [2.05, 4.69) is 10.1 Å². The maximum absolute atomic E-state index is 12.5. The van der Waals surface area contributed by atoms with Gasteiger partial charge in [-0.05, 0) is 34.6 Å². The van der Waals surface area contributed by atoms with Crippen LogP contribution in [-0.4, -0.2) is 70.8 Å². The minimum Gasteiger partial charge on any atom is -0.467 e. The first-order valence-electron chi connectivity index (χ1n) is 7.58. The third-order valence-corrected chi connectivity index (χ3v) is 3.75. The zero-order valence-electron chi connectivity index (χ0n) is 14.9. The molecule has 0 aliphatic carbocycles. The minimum absolute atomic E-state index is 0.150. The summed E-state index contributed by atoms with van der Waals surface area (Å²) in [6.45, 7) is 8.40. The normalized spacial score (nSPS) is 21.1. The third-order valence-electron chi connectivity index (χ3n) is 3.36. The quantitative estimate of drug-likeness (QED) is 0.560. The maximum atomic E-state index is 12.5. The Bertz CT molecular complexity index is 503. The number of nitrogens with zero attached hydrogens (tertiary/aromatic N) is 1. The standard InChI is InChI=1S/C15H26N2O6S/c1-14(2,3)23-13(20)17-10(8-22-15(17,4)5)11(24)16-9(7-18)12(19)21-6/h9-10,18H,7-8H2,1-6H3,(H,16,24)/t9-,10?/m0/s1. The van der Waals surface area contributed by atoms with E-state index < -0.39 is 42.1 Å². The van der Waals surface area contributed by atoms with Crippen LogP contribution < -0.4 is 5.32 Å². The first kappa shape index (κ1) is 20.6. The van der Waals surface area contributed by atoms with Crippen molar-refractivity contribution < 1.29 is 28.9 Å². The molecule has 1 fully saturated rings. The number of carbonyl (C=O) groups excluding carboxylic acids is 2. The molecule has 1 heterocycles. The molecular formula is C15H26N2O6S. The zero-order valence-corrected chi connectivity index (χ0v) is 15.7. The van der Waals surface area contributed by atoms with Gasteiger partial charge in [0.2, 0.25) is 0 Å². The van der Waals surface area contributed by atoms with Crippen LogP contribution in [0.15, 0.2) is 0 Å². The van der Waals surface area contributed by atoms with E-state index in [1.165, 1.54) is 12.0 Å². The molecule has 1 aliphatic heterocycles. The molecule has 2 atom stereocenters. The summed E-state index contributed by atoms with van der Waals surface area (Å²) in [4.78, 5) is 25.7. The molecule has 0 radical (unpaired) electrons. The van der Waals surface area contributed by atoms with Crippen LogP contribution in [0.25, 0.3) is 0 Å². The number of methoxy groups -OCH3 is 1. The second kappa shape index (κ2) is 7.62. The number of hydrogen-bond donors (Lipinski definition) is 2. The van der Waals surface area contributed by atoms with E-state index in [4.69, 9.17) is 21.7 Å². The van der Waals surface area contributed by atoms with Crippen molar-refractivity contribution in [1.82, 2.24) is 10.2 Å². The van der Waals surface area contributed by atoms with Gasteiger partial charge in [-0.2, -0.15) is 0 Å². The summed E-state index contributed by atoms with van der Waals surface area (Å²) >= 11 is 5.30. The van der Waals surface area contributed by atoms with Crippen molar-refractivity contribution in [2.45, 2.75) is 58.0 Å². The van der Waals surface area contributed by atoms with Crippen molar-refractivity contribution in [2.24, 2.45) is 0 Å². The SMILES string of the molecule is COC(=O)[C@H](CO)NC(=S)C1COC(C)(C)N1C(=O)OC(C)(C)C. The summed E-state index contributed by atoms with van der Waals surface area (Å²) in [5, 5.41) is 12.0. The summed E-state index contributed by atoms with van der Waals surface area (Å²) in [5.74, 6) is -0.651. The molecule has 1 saturated heterocycles. The van der Waals surface area contributed by atoms with Gasteiger partial charge in [-0.1, -0.05) is 12.2 Å². The molecule has 2 N–H and O–H groups in total. The van der Waals surface area contributed by atoms with Crippen molar-refractivity contribution in [3.63, 3.8) is 0 Å².